The van der Waals surface area contributed by atoms with E-state index in [0.29, 0.717) is 11.4 Å². The van der Waals surface area contributed by atoms with Gasteiger partial charge < -0.3 is 0 Å². The van der Waals surface area contributed by atoms with E-state index in [1.54, 1.807) is 26.0 Å². The van der Waals surface area contributed by atoms with Crippen molar-refractivity contribution in [2.75, 3.05) is 13.1 Å². The standard InChI is InChI=1S/C13H18N2O2S/c1-4-15(9-5-8-14)18(16,17)13-7-6-11(2)10-12(13)3/h6-7,10H,4-5,9H2,1-3H3. The van der Waals surface area contributed by atoms with Crippen molar-refractivity contribution < 1.29 is 8.42 Å². The number of nitriles is 1. The zero-order chi connectivity index (χ0) is 13.8. The third kappa shape index (κ3) is 3.09. The van der Waals surface area contributed by atoms with Crippen molar-refractivity contribution >= 4 is 10.0 Å². The summed E-state index contributed by atoms with van der Waals surface area (Å²) in [5.74, 6) is 0. The second kappa shape index (κ2) is 5.98. The van der Waals surface area contributed by atoms with E-state index in [0.717, 1.165) is 11.1 Å². The molecule has 0 aromatic heterocycles. The van der Waals surface area contributed by atoms with Gasteiger partial charge in [0.25, 0.3) is 0 Å². The maximum atomic E-state index is 12.4. The van der Waals surface area contributed by atoms with Crippen LogP contribution < -0.4 is 0 Å². The normalized spacial score (nSPS) is 11.5. The average Bonchev–Trinajstić information content (AvgIpc) is 2.29. The highest BCUT2D eigenvalue weighted by Gasteiger charge is 2.24. The molecule has 0 aliphatic rings. The summed E-state index contributed by atoms with van der Waals surface area (Å²) in [5, 5.41) is 8.57. The van der Waals surface area contributed by atoms with Gasteiger partial charge in [0.1, 0.15) is 0 Å². The Morgan fingerprint density at radius 2 is 2.00 bits per heavy atom. The molecule has 1 aromatic rings. The Hall–Kier alpha value is -1.38. The fraction of sp³-hybridized carbons (Fsp3) is 0.462. The molecule has 1 aromatic carbocycles. The molecule has 0 heterocycles. The summed E-state index contributed by atoms with van der Waals surface area (Å²) < 4.78 is 26.2. The molecule has 0 aliphatic carbocycles. The highest BCUT2D eigenvalue weighted by molar-refractivity contribution is 7.89. The SMILES string of the molecule is CCN(CCC#N)S(=O)(=O)c1ccc(C)cc1C. The van der Waals surface area contributed by atoms with E-state index in [1.807, 2.05) is 19.1 Å². The predicted octanol–water partition coefficient (Wildman–Crippen LogP) is 2.23. The summed E-state index contributed by atoms with van der Waals surface area (Å²) in [7, 11) is -3.49. The second-order valence-electron chi connectivity index (χ2n) is 4.17. The Morgan fingerprint density at radius 1 is 1.33 bits per heavy atom. The van der Waals surface area contributed by atoms with Crippen LogP contribution in [0.3, 0.4) is 0 Å². The quantitative estimate of drug-likeness (QED) is 0.821. The number of benzene rings is 1. The van der Waals surface area contributed by atoms with Gasteiger partial charge in [-0.05, 0) is 25.5 Å². The van der Waals surface area contributed by atoms with Crippen LogP contribution in [0.25, 0.3) is 0 Å². The first-order valence-electron chi connectivity index (χ1n) is 5.87. The number of sulfonamides is 1. The minimum atomic E-state index is -3.49. The van der Waals surface area contributed by atoms with Crippen LogP contribution in [0.4, 0.5) is 0 Å². The molecule has 18 heavy (non-hydrogen) atoms. The van der Waals surface area contributed by atoms with Crippen molar-refractivity contribution in [3.05, 3.63) is 29.3 Å². The molecular formula is C13H18N2O2S. The number of hydrogen-bond acceptors (Lipinski definition) is 3. The summed E-state index contributed by atoms with van der Waals surface area (Å²) in [4.78, 5) is 0.327. The Labute approximate surface area is 109 Å². The third-order valence-electron chi connectivity index (χ3n) is 2.77. The van der Waals surface area contributed by atoms with E-state index >= 15 is 0 Å². The molecule has 98 valence electrons. The number of nitrogens with zero attached hydrogens (tertiary/aromatic N) is 2. The molecule has 0 N–H and O–H groups in total. The summed E-state index contributed by atoms with van der Waals surface area (Å²) >= 11 is 0. The first kappa shape index (κ1) is 14.7. The summed E-state index contributed by atoms with van der Waals surface area (Å²) in [6.07, 6.45) is 0.206. The van der Waals surface area contributed by atoms with Gasteiger partial charge >= 0.3 is 0 Å². The van der Waals surface area contributed by atoms with E-state index in [9.17, 15) is 8.42 Å². The van der Waals surface area contributed by atoms with Gasteiger partial charge in [0.2, 0.25) is 10.0 Å². The largest absolute Gasteiger partial charge is 0.243 e. The van der Waals surface area contributed by atoms with Gasteiger partial charge in [-0.15, -0.1) is 0 Å². The van der Waals surface area contributed by atoms with Gasteiger partial charge in [0.05, 0.1) is 11.0 Å². The first-order chi connectivity index (χ1) is 8.43. The minimum Gasteiger partial charge on any atom is -0.207 e. The molecule has 1 rings (SSSR count). The zero-order valence-corrected chi connectivity index (χ0v) is 11.8. The smallest absolute Gasteiger partial charge is 0.207 e. The van der Waals surface area contributed by atoms with E-state index in [-0.39, 0.29) is 13.0 Å². The van der Waals surface area contributed by atoms with Crippen LogP contribution in [-0.4, -0.2) is 25.8 Å². The van der Waals surface area contributed by atoms with Crippen LogP contribution in [0.5, 0.6) is 0 Å². The molecule has 0 spiro atoms. The van der Waals surface area contributed by atoms with E-state index in [4.69, 9.17) is 5.26 Å². The fourth-order valence-electron chi connectivity index (χ4n) is 1.85. The molecule has 0 radical (unpaired) electrons. The highest BCUT2D eigenvalue weighted by Crippen LogP contribution is 2.20. The molecule has 5 heteroatoms. The van der Waals surface area contributed by atoms with Gasteiger partial charge in [0, 0.05) is 19.5 Å². The van der Waals surface area contributed by atoms with Crippen LogP contribution in [0.2, 0.25) is 0 Å². The van der Waals surface area contributed by atoms with Crippen molar-refractivity contribution in [2.45, 2.75) is 32.1 Å². The molecule has 0 saturated heterocycles. The van der Waals surface area contributed by atoms with Crippen LogP contribution in [-0.2, 0) is 10.0 Å². The van der Waals surface area contributed by atoms with Gasteiger partial charge in [-0.3, -0.25) is 0 Å². The van der Waals surface area contributed by atoms with E-state index < -0.39 is 10.0 Å². The maximum absolute atomic E-state index is 12.4. The fourth-order valence-corrected chi connectivity index (χ4v) is 3.51. The minimum absolute atomic E-state index is 0.206. The third-order valence-corrected chi connectivity index (χ3v) is 4.91. The number of rotatable bonds is 5. The summed E-state index contributed by atoms with van der Waals surface area (Å²) in [5.41, 5.74) is 1.77. The van der Waals surface area contributed by atoms with E-state index in [1.165, 1.54) is 4.31 Å². The van der Waals surface area contributed by atoms with Crippen LogP contribution in [0, 0.1) is 25.2 Å². The maximum Gasteiger partial charge on any atom is 0.243 e. The molecule has 0 atom stereocenters. The Bertz CT molecular complexity index is 559. The Balaban J connectivity index is 3.15. The predicted molar refractivity (Wildman–Crippen MR) is 70.6 cm³/mol. The molecule has 0 fully saturated rings. The van der Waals surface area contributed by atoms with Crippen LogP contribution in [0.1, 0.15) is 24.5 Å². The monoisotopic (exact) mass is 266 g/mol. The Morgan fingerprint density at radius 3 is 2.50 bits per heavy atom. The summed E-state index contributed by atoms with van der Waals surface area (Å²) in [6.45, 7) is 6.10. The number of aryl methyl sites for hydroxylation is 2. The van der Waals surface area contributed by atoms with E-state index in [2.05, 4.69) is 0 Å². The molecule has 0 aliphatic heterocycles. The molecule has 0 amide bonds. The van der Waals surface area contributed by atoms with Crippen LogP contribution >= 0.6 is 0 Å². The molecular weight excluding hydrogens is 248 g/mol. The molecule has 0 bridgehead atoms. The lowest BCUT2D eigenvalue weighted by molar-refractivity contribution is 0.434. The lowest BCUT2D eigenvalue weighted by Gasteiger charge is -2.20. The lowest BCUT2D eigenvalue weighted by atomic mass is 10.2. The van der Waals surface area contributed by atoms with Crippen molar-refractivity contribution in [1.82, 2.24) is 4.31 Å². The van der Waals surface area contributed by atoms with Gasteiger partial charge in [-0.2, -0.15) is 9.57 Å². The molecule has 0 saturated carbocycles. The zero-order valence-electron chi connectivity index (χ0n) is 11.0. The summed E-state index contributed by atoms with van der Waals surface area (Å²) in [6, 6.07) is 7.25. The Kier molecular flexibility index (Phi) is 4.88. The van der Waals surface area contributed by atoms with Crippen molar-refractivity contribution in [1.29, 1.82) is 5.26 Å². The van der Waals surface area contributed by atoms with Crippen molar-refractivity contribution in [3.8, 4) is 6.07 Å². The van der Waals surface area contributed by atoms with Gasteiger partial charge in [-0.1, -0.05) is 24.6 Å². The second-order valence-corrected chi connectivity index (χ2v) is 6.08. The lowest BCUT2D eigenvalue weighted by Crippen LogP contribution is -2.32. The number of hydrogen-bond donors (Lipinski definition) is 0. The van der Waals surface area contributed by atoms with Gasteiger partial charge in [-0.25, -0.2) is 8.42 Å². The van der Waals surface area contributed by atoms with Crippen molar-refractivity contribution in [2.24, 2.45) is 0 Å². The molecule has 4 nitrogen and oxygen atoms in total. The van der Waals surface area contributed by atoms with Crippen molar-refractivity contribution in [3.63, 3.8) is 0 Å². The molecule has 0 unspecified atom stereocenters. The van der Waals surface area contributed by atoms with Gasteiger partial charge in [0.15, 0.2) is 0 Å². The first-order valence-corrected chi connectivity index (χ1v) is 7.31. The topological polar surface area (TPSA) is 61.2 Å². The average molecular weight is 266 g/mol. The highest BCUT2D eigenvalue weighted by atomic mass is 32.2. The van der Waals surface area contributed by atoms with Crippen LogP contribution in [0.15, 0.2) is 23.1 Å².